The van der Waals surface area contributed by atoms with Gasteiger partial charge in [0.1, 0.15) is 0 Å². The highest BCUT2D eigenvalue weighted by atomic mass is 79.9. The molecule has 0 aliphatic heterocycles. The summed E-state index contributed by atoms with van der Waals surface area (Å²) in [5.74, 6) is 0.836. The van der Waals surface area contributed by atoms with E-state index >= 15 is 0 Å². The van der Waals surface area contributed by atoms with Crippen molar-refractivity contribution in [2.24, 2.45) is 5.92 Å². The standard InChI is InChI=1S/C14H15BrS/c1-9-6-7-11-10-4-2-3-5-13(10)16-14(11)12(15)8-9/h2-5,9,12H,6-8H2,1H3. The lowest BCUT2D eigenvalue weighted by atomic mass is 10.0. The van der Waals surface area contributed by atoms with Gasteiger partial charge in [0.05, 0.1) is 0 Å². The molecule has 1 aromatic carbocycles. The molecule has 0 radical (unpaired) electrons. The number of hydrogen-bond acceptors (Lipinski definition) is 1. The minimum atomic E-state index is 0.567. The summed E-state index contributed by atoms with van der Waals surface area (Å²) in [5.41, 5.74) is 1.60. The highest BCUT2D eigenvalue weighted by molar-refractivity contribution is 9.09. The average molecular weight is 295 g/mol. The summed E-state index contributed by atoms with van der Waals surface area (Å²) in [6.07, 6.45) is 3.86. The smallest absolute Gasteiger partial charge is 0.0494 e. The van der Waals surface area contributed by atoms with Crippen molar-refractivity contribution < 1.29 is 0 Å². The van der Waals surface area contributed by atoms with Gasteiger partial charge in [-0.15, -0.1) is 11.3 Å². The van der Waals surface area contributed by atoms with E-state index in [1.54, 1.807) is 10.4 Å². The Morgan fingerprint density at radius 1 is 1.31 bits per heavy atom. The zero-order valence-corrected chi connectivity index (χ0v) is 11.8. The van der Waals surface area contributed by atoms with Crippen LogP contribution in [0.4, 0.5) is 0 Å². The Balaban J connectivity index is 2.19. The SMILES string of the molecule is CC1CCc2c(sc3ccccc23)C(Br)C1. The third kappa shape index (κ3) is 1.72. The molecular formula is C14H15BrS. The Kier molecular flexibility index (Phi) is 2.80. The topological polar surface area (TPSA) is 0 Å². The van der Waals surface area contributed by atoms with Crippen LogP contribution >= 0.6 is 27.3 Å². The van der Waals surface area contributed by atoms with E-state index in [1.165, 1.54) is 29.3 Å². The van der Waals surface area contributed by atoms with Crippen molar-refractivity contribution in [1.29, 1.82) is 0 Å². The summed E-state index contributed by atoms with van der Waals surface area (Å²) < 4.78 is 1.45. The molecule has 84 valence electrons. The van der Waals surface area contributed by atoms with Gasteiger partial charge in [0, 0.05) is 14.4 Å². The molecule has 1 aliphatic carbocycles. The molecule has 1 aromatic heterocycles. The normalized spacial score (nSPS) is 25.4. The molecule has 0 bridgehead atoms. The molecule has 1 aliphatic rings. The molecule has 0 fully saturated rings. The predicted octanol–water partition coefficient (Wildman–Crippen LogP) is 5.31. The number of halogens is 1. The maximum absolute atomic E-state index is 3.87. The molecule has 2 atom stereocenters. The number of aryl methyl sites for hydroxylation is 1. The molecule has 2 heteroatoms. The van der Waals surface area contributed by atoms with E-state index in [2.05, 4.69) is 47.1 Å². The van der Waals surface area contributed by atoms with Crippen LogP contribution in [0.25, 0.3) is 10.1 Å². The zero-order valence-electron chi connectivity index (χ0n) is 9.37. The van der Waals surface area contributed by atoms with Crippen LogP contribution in [-0.4, -0.2) is 0 Å². The fraction of sp³-hybridized carbons (Fsp3) is 0.429. The van der Waals surface area contributed by atoms with Gasteiger partial charge in [-0.2, -0.15) is 0 Å². The lowest BCUT2D eigenvalue weighted by molar-refractivity contribution is 0.509. The molecule has 0 saturated carbocycles. The van der Waals surface area contributed by atoms with E-state index in [0.29, 0.717) is 4.83 Å². The van der Waals surface area contributed by atoms with Crippen molar-refractivity contribution in [1.82, 2.24) is 0 Å². The van der Waals surface area contributed by atoms with E-state index in [0.717, 1.165) is 5.92 Å². The van der Waals surface area contributed by atoms with Crippen molar-refractivity contribution in [3.63, 3.8) is 0 Å². The van der Waals surface area contributed by atoms with E-state index < -0.39 is 0 Å². The van der Waals surface area contributed by atoms with Crippen molar-refractivity contribution in [2.75, 3.05) is 0 Å². The van der Waals surface area contributed by atoms with Crippen molar-refractivity contribution in [3.8, 4) is 0 Å². The highest BCUT2D eigenvalue weighted by Crippen LogP contribution is 2.44. The Hall–Kier alpha value is -0.340. The summed E-state index contributed by atoms with van der Waals surface area (Å²) >= 11 is 5.84. The molecule has 2 aromatic rings. The molecular weight excluding hydrogens is 280 g/mol. The third-order valence-corrected chi connectivity index (χ3v) is 5.97. The van der Waals surface area contributed by atoms with Crippen molar-refractivity contribution in [2.45, 2.75) is 31.0 Å². The first-order valence-electron chi connectivity index (χ1n) is 5.90. The van der Waals surface area contributed by atoms with Gasteiger partial charge in [0.2, 0.25) is 0 Å². The third-order valence-electron chi connectivity index (χ3n) is 3.51. The lowest BCUT2D eigenvalue weighted by Gasteiger charge is -2.09. The summed E-state index contributed by atoms with van der Waals surface area (Å²) in [5, 5.41) is 1.49. The van der Waals surface area contributed by atoms with Gasteiger partial charge in [-0.1, -0.05) is 41.1 Å². The minimum absolute atomic E-state index is 0.567. The van der Waals surface area contributed by atoms with Crippen LogP contribution in [-0.2, 0) is 6.42 Å². The summed E-state index contributed by atoms with van der Waals surface area (Å²) in [7, 11) is 0. The van der Waals surface area contributed by atoms with Crippen LogP contribution < -0.4 is 0 Å². The van der Waals surface area contributed by atoms with Crippen LogP contribution in [0.5, 0.6) is 0 Å². The predicted molar refractivity (Wildman–Crippen MR) is 75.6 cm³/mol. The zero-order chi connectivity index (χ0) is 11.1. The average Bonchev–Trinajstić information content (AvgIpc) is 2.58. The molecule has 0 nitrogen and oxygen atoms in total. The second-order valence-corrected chi connectivity index (χ2v) is 6.98. The molecule has 0 amide bonds. The lowest BCUT2D eigenvalue weighted by Crippen LogP contribution is -1.95. The van der Waals surface area contributed by atoms with Gasteiger partial charge in [-0.05, 0) is 42.2 Å². The molecule has 0 saturated heterocycles. The van der Waals surface area contributed by atoms with Crippen molar-refractivity contribution in [3.05, 3.63) is 34.7 Å². The van der Waals surface area contributed by atoms with Crippen LogP contribution in [0, 0.1) is 5.92 Å². The molecule has 0 N–H and O–H groups in total. The monoisotopic (exact) mass is 294 g/mol. The van der Waals surface area contributed by atoms with Crippen LogP contribution in [0.15, 0.2) is 24.3 Å². The summed E-state index contributed by atoms with van der Waals surface area (Å²) in [4.78, 5) is 2.14. The maximum Gasteiger partial charge on any atom is 0.0494 e. The minimum Gasteiger partial charge on any atom is -0.139 e. The second-order valence-electron chi connectivity index (χ2n) is 4.79. The first-order chi connectivity index (χ1) is 7.75. The first-order valence-corrected chi connectivity index (χ1v) is 7.63. The summed E-state index contributed by atoms with van der Waals surface area (Å²) in [6.45, 7) is 2.37. The number of fused-ring (bicyclic) bond motifs is 3. The number of benzene rings is 1. The number of alkyl halides is 1. The fourth-order valence-electron chi connectivity index (χ4n) is 2.60. The van der Waals surface area contributed by atoms with Crippen molar-refractivity contribution >= 4 is 37.4 Å². The van der Waals surface area contributed by atoms with E-state index in [9.17, 15) is 0 Å². The van der Waals surface area contributed by atoms with E-state index in [1.807, 2.05) is 11.3 Å². The van der Waals surface area contributed by atoms with Gasteiger partial charge in [0.25, 0.3) is 0 Å². The number of hydrogen-bond donors (Lipinski definition) is 0. The second kappa shape index (κ2) is 4.15. The van der Waals surface area contributed by atoms with Gasteiger partial charge in [-0.3, -0.25) is 0 Å². The van der Waals surface area contributed by atoms with Crippen LogP contribution in [0.1, 0.15) is 35.0 Å². The first kappa shape index (κ1) is 10.8. The molecule has 2 unspecified atom stereocenters. The Bertz CT molecular complexity index is 514. The van der Waals surface area contributed by atoms with Gasteiger partial charge in [0.15, 0.2) is 0 Å². The largest absolute Gasteiger partial charge is 0.139 e. The number of thiophene rings is 1. The summed E-state index contributed by atoms with van der Waals surface area (Å²) in [6, 6.07) is 8.83. The maximum atomic E-state index is 3.87. The van der Waals surface area contributed by atoms with Gasteiger partial charge < -0.3 is 0 Å². The van der Waals surface area contributed by atoms with Gasteiger partial charge in [-0.25, -0.2) is 0 Å². The Morgan fingerprint density at radius 2 is 2.12 bits per heavy atom. The number of rotatable bonds is 0. The van der Waals surface area contributed by atoms with E-state index in [-0.39, 0.29) is 0 Å². The van der Waals surface area contributed by atoms with Crippen LogP contribution in [0.3, 0.4) is 0 Å². The van der Waals surface area contributed by atoms with Gasteiger partial charge >= 0.3 is 0 Å². The highest BCUT2D eigenvalue weighted by Gasteiger charge is 2.23. The van der Waals surface area contributed by atoms with Crippen LogP contribution in [0.2, 0.25) is 0 Å². The Labute approximate surface area is 109 Å². The van der Waals surface area contributed by atoms with E-state index in [4.69, 9.17) is 0 Å². The molecule has 0 spiro atoms. The molecule has 1 heterocycles. The fourth-order valence-corrected chi connectivity index (χ4v) is 5.04. The quantitative estimate of drug-likeness (QED) is 0.456. The molecule has 3 rings (SSSR count). The Morgan fingerprint density at radius 3 is 3.00 bits per heavy atom. The molecule has 16 heavy (non-hydrogen) atoms.